The number of alkyl halides is 3. The van der Waals surface area contributed by atoms with Crippen LogP contribution in [-0.2, 0) is 23.9 Å². The Bertz CT molecular complexity index is 900. The largest absolute Gasteiger partial charge is 0.421 e. The standard InChI is InChI=1S/C22H23ClF3NO.ClH/c1-20(28,22(24,25)26)16-6-7-18-15(12-16)5-8-19-21(18,9-10-27-19)13-14-3-2-4-17(23)11-14;/h2-4,6-7,11-12,19,27-28H,5,8-10,13H2,1H3;1H. The summed E-state index contributed by atoms with van der Waals surface area (Å²) >= 11 is 6.17. The van der Waals surface area contributed by atoms with Crippen molar-refractivity contribution in [1.29, 1.82) is 0 Å². The van der Waals surface area contributed by atoms with Crippen LogP contribution in [0.4, 0.5) is 13.2 Å². The summed E-state index contributed by atoms with van der Waals surface area (Å²) in [5.41, 5.74) is 0.00861. The van der Waals surface area contributed by atoms with E-state index >= 15 is 0 Å². The minimum absolute atomic E-state index is 0. The summed E-state index contributed by atoms with van der Waals surface area (Å²) < 4.78 is 39.9. The Morgan fingerprint density at radius 1 is 1.21 bits per heavy atom. The van der Waals surface area contributed by atoms with Gasteiger partial charge in [0.25, 0.3) is 0 Å². The van der Waals surface area contributed by atoms with Crippen LogP contribution in [0.2, 0.25) is 5.02 Å². The molecule has 1 aliphatic carbocycles. The Labute approximate surface area is 179 Å². The molecule has 7 heteroatoms. The molecule has 2 nitrogen and oxygen atoms in total. The van der Waals surface area contributed by atoms with Crippen LogP contribution in [0.15, 0.2) is 42.5 Å². The number of benzene rings is 2. The SMILES string of the molecule is CC(O)(c1ccc2c(c1)CCC1NCCC21Cc1cccc(Cl)c1)C(F)(F)F.Cl. The van der Waals surface area contributed by atoms with Gasteiger partial charge in [0.15, 0.2) is 5.60 Å². The van der Waals surface area contributed by atoms with Gasteiger partial charge >= 0.3 is 6.18 Å². The lowest BCUT2D eigenvalue weighted by molar-refractivity contribution is -0.258. The van der Waals surface area contributed by atoms with Crippen molar-refractivity contribution < 1.29 is 18.3 Å². The van der Waals surface area contributed by atoms with Gasteiger partial charge in [-0.2, -0.15) is 13.2 Å². The van der Waals surface area contributed by atoms with E-state index in [9.17, 15) is 18.3 Å². The van der Waals surface area contributed by atoms with Gasteiger partial charge in [-0.05, 0) is 73.5 Å². The van der Waals surface area contributed by atoms with Crippen molar-refractivity contribution >= 4 is 24.0 Å². The molecule has 2 aliphatic rings. The first-order valence-corrected chi connectivity index (χ1v) is 9.92. The number of aryl methyl sites for hydroxylation is 1. The van der Waals surface area contributed by atoms with E-state index in [-0.39, 0.29) is 29.4 Å². The monoisotopic (exact) mass is 445 g/mol. The average Bonchev–Trinajstić information content (AvgIpc) is 3.04. The van der Waals surface area contributed by atoms with E-state index < -0.39 is 11.8 Å². The molecule has 0 spiro atoms. The molecule has 0 amide bonds. The van der Waals surface area contributed by atoms with Gasteiger partial charge in [-0.25, -0.2) is 0 Å². The molecule has 0 saturated carbocycles. The summed E-state index contributed by atoms with van der Waals surface area (Å²) in [6, 6.07) is 12.9. The summed E-state index contributed by atoms with van der Waals surface area (Å²) in [4.78, 5) is 0. The number of aliphatic hydroxyl groups is 1. The van der Waals surface area contributed by atoms with Gasteiger partial charge in [0.1, 0.15) is 0 Å². The maximum absolute atomic E-state index is 13.3. The second-order valence-corrected chi connectivity index (χ2v) is 8.64. The van der Waals surface area contributed by atoms with E-state index in [2.05, 4.69) is 5.32 Å². The number of hydrogen-bond donors (Lipinski definition) is 2. The normalized spacial score (nSPS) is 25.5. The predicted molar refractivity (Wildman–Crippen MR) is 111 cm³/mol. The molecule has 29 heavy (non-hydrogen) atoms. The highest BCUT2D eigenvalue weighted by Crippen LogP contribution is 2.47. The maximum atomic E-state index is 13.3. The van der Waals surface area contributed by atoms with Crippen molar-refractivity contribution in [1.82, 2.24) is 5.32 Å². The van der Waals surface area contributed by atoms with Crippen molar-refractivity contribution in [2.75, 3.05) is 6.54 Å². The van der Waals surface area contributed by atoms with Crippen LogP contribution >= 0.6 is 24.0 Å². The molecule has 0 bridgehead atoms. The fourth-order valence-corrected chi connectivity index (χ4v) is 5.12. The minimum Gasteiger partial charge on any atom is -0.376 e. The number of nitrogens with one attached hydrogen (secondary N) is 1. The summed E-state index contributed by atoms with van der Waals surface area (Å²) in [7, 11) is 0. The molecule has 3 atom stereocenters. The van der Waals surface area contributed by atoms with Crippen molar-refractivity contribution in [3.8, 4) is 0 Å². The average molecular weight is 446 g/mol. The second kappa shape index (κ2) is 7.77. The zero-order valence-corrected chi connectivity index (χ0v) is 17.6. The third kappa shape index (κ3) is 3.78. The highest BCUT2D eigenvalue weighted by Gasteiger charge is 2.52. The molecule has 3 unspecified atom stereocenters. The lowest BCUT2D eigenvalue weighted by atomic mass is 9.63. The predicted octanol–water partition coefficient (Wildman–Crippen LogP) is 5.32. The van der Waals surface area contributed by atoms with Gasteiger partial charge in [0.2, 0.25) is 0 Å². The summed E-state index contributed by atoms with van der Waals surface area (Å²) in [5.74, 6) is 0. The lowest BCUT2D eigenvalue weighted by Gasteiger charge is -2.42. The van der Waals surface area contributed by atoms with E-state index in [4.69, 9.17) is 11.6 Å². The molecular formula is C22H24Cl2F3NO. The fraction of sp³-hybridized carbons (Fsp3) is 0.455. The Morgan fingerprint density at radius 3 is 2.66 bits per heavy atom. The summed E-state index contributed by atoms with van der Waals surface area (Å²) in [6.45, 7) is 1.70. The maximum Gasteiger partial charge on any atom is 0.421 e. The van der Waals surface area contributed by atoms with Crippen molar-refractivity contribution in [3.63, 3.8) is 0 Å². The van der Waals surface area contributed by atoms with Gasteiger partial charge < -0.3 is 10.4 Å². The Hall–Kier alpha value is -1.27. The molecule has 158 valence electrons. The summed E-state index contributed by atoms with van der Waals surface area (Å²) in [5, 5.41) is 14.4. The third-order valence-electron chi connectivity index (χ3n) is 6.50. The Kier molecular flexibility index (Phi) is 6.00. The quantitative estimate of drug-likeness (QED) is 0.669. The van der Waals surface area contributed by atoms with Crippen LogP contribution in [0.1, 0.15) is 42.0 Å². The van der Waals surface area contributed by atoms with Crippen LogP contribution in [0.5, 0.6) is 0 Å². The molecule has 2 aromatic carbocycles. The van der Waals surface area contributed by atoms with E-state index in [1.807, 2.05) is 24.3 Å². The second-order valence-electron chi connectivity index (χ2n) is 8.20. The van der Waals surface area contributed by atoms with Crippen molar-refractivity contribution in [2.45, 2.75) is 55.8 Å². The first kappa shape index (κ1) is 22.4. The van der Waals surface area contributed by atoms with E-state index in [1.54, 1.807) is 12.1 Å². The van der Waals surface area contributed by atoms with Crippen molar-refractivity contribution in [2.24, 2.45) is 0 Å². The zero-order valence-electron chi connectivity index (χ0n) is 16.0. The van der Waals surface area contributed by atoms with Gasteiger partial charge in [0.05, 0.1) is 0 Å². The highest BCUT2D eigenvalue weighted by molar-refractivity contribution is 6.30. The van der Waals surface area contributed by atoms with E-state index in [0.29, 0.717) is 11.4 Å². The van der Waals surface area contributed by atoms with Crippen molar-refractivity contribution in [3.05, 3.63) is 69.7 Å². The van der Waals surface area contributed by atoms with Crippen LogP contribution in [0, 0.1) is 0 Å². The number of rotatable bonds is 3. The lowest BCUT2D eigenvalue weighted by Crippen LogP contribution is -2.46. The van der Waals surface area contributed by atoms with Crippen LogP contribution in [-0.4, -0.2) is 23.9 Å². The number of hydrogen-bond acceptors (Lipinski definition) is 2. The summed E-state index contributed by atoms with van der Waals surface area (Å²) in [6.07, 6.45) is -1.44. The molecule has 0 aromatic heterocycles. The molecule has 4 rings (SSSR count). The topological polar surface area (TPSA) is 32.3 Å². The van der Waals surface area contributed by atoms with Gasteiger partial charge in [-0.15, -0.1) is 12.4 Å². The van der Waals surface area contributed by atoms with Crippen LogP contribution in [0.3, 0.4) is 0 Å². The van der Waals surface area contributed by atoms with E-state index in [1.165, 1.54) is 6.07 Å². The number of fused-ring (bicyclic) bond motifs is 3. The minimum atomic E-state index is -4.72. The van der Waals surface area contributed by atoms with E-state index in [0.717, 1.165) is 49.4 Å². The first-order valence-electron chi connectivity index (χ1n) is 9.54. The molecule has 2 N–H and O–H groups in total. The molecule has 1 saturated heterocycles. The smallest absolute Gasteiger partial charge is 0.376 e. The third-order valence-corrected chi connectivity index (χ3v) is 6.73. The number of halogens is 5. The van der Waals surface area contributed by atoms with Crippen LogP contribution < -0.4 is 5.32 Å². The first-order chi connectivity index (χ1) is 13.1. The fourth-order valence-electron chi connectivity index (χ4n) is 4.91. The molecule has 0 radical (unpaired) electrons. The Morgan fingerprint density at radius 2 is 1.97 bits per heavy atom. The molecule has 1 aliphatic heterocycles. The molecule has 1 fully saturated rings. The molecule has 2 aromatic rings. The zero-order chi connectivity index (χ0) is 20.2. The van der Waals surface area contributed by atoms with Gasteiger partial charge in [-0.3, -0.25) is 0 Å². The van der Waals surface area contributed by atoms with Crippen LogP contribution in [0.25, 0.3) is 0 Å². The van der Waals surface area contributed by atoms with Gasteiger partial charge in [0, 0.05) is 16.5 Å². The highest BCUT2D eigenvalue weighted by atomic mass is 35.5. The Balaban J connectivity index is 0.00000240. The molecule has 1 heterocycles. The van der Waals surface area contributed by atoms with Gasteiger partial charge in [-0.1, -0.05) is 41.9 Å². The molecular weight excluding hydrogens is 422 g/mol.